The molecule has 0 aromatic heterocycles. The summed E-state index contributed by atoms with van der Waals surface area (Å²) < 4.78 is 5.42. The second-order valence-corrected chi connectivity index (χ2v) is 9.93. The number of carbonyl (C=O) groups excluding carboxylic acids is 1. The number of halogens is 6. The van der Waals surface area contributed by atoms with Crippen LogP contribution in [0.15, 0.2) is 54.6 Å². The zero-order valence-corrected chi connectivity index (χ0v) is 22.2. The van der Waals surface area contributed by atoms with Gasteiger partial charge in [0.1, 0.15) is 0 Å². The van der Waals surface area contributed by atoms with E-state index >= 15 is 0 Å². The molecule has 0 heterocycles. The van der Waals surface area contributed by atoms with Crippen LogP contribution in [0.25, 0.3) is 0 Å². The second-order valence-electron chi connectivity index (χ2n) is 7.42. The molecule has 0 saturated carbocycles. The Balaban J connectivity index is 2.41. The molecule has 36 heavy (non-hydrogen) atoms. The molecule has 0 aliphatic carbocycles. The first-order chi connectivity index (χ1) is 16.9. The van der Waals surface area contributed by atoms with Crippen molar-refractivity contribution >= 4 is 81.5 Å². The molecular formula is C23H13Cl6NO6. The third kappa shape index (κ3) is 5.52. The summed E-state index contributed by atoms with van der Waals surface area (Å²) in [5.74, 6) is -5.37. The molecule has 2 unspecified atom stereocenters. The standard InChI is InChI=1S/C23H13Cl6NO6/c24-12-6-15(26)19(16(27)7-12)23(21(31)32,14(10-30(34)35)11-4-2-1-3-5-11)22(33)36-20-17(28)8-13(25)9-18(20)29/h1-9,14H,10H2,(H,31,32). The molecule has 188 valence electrons. The van der Waals surface area contributed by atoms with Crippen molar-refractivity contribution in [1.82, 2.24) is 0 Å². The Morgan fingerprint density at radius 2 is 1.36 bits per heavy atom. The van der Waals surface area contributed by atoms with Crippen LogP contribution < -0.4 is 4.74 Å². The number of ether oxygens (including phenoxy) is 1. The molecule has 13 heteroatoms. The fraction of sp³-hybridized carbons (Fsp3) is 0.130. The highest BCUT2D eigenvalue weighted by molar-refractivity contribution is 6.41. The first kappa shape index (κ1) is 28.3. The Bertz CT molecular complexity index is 1310. The zero-order valence-electron chi connectivity index (χ0n) is 17.7. The Labute approximate surface area is 234 Å². The first-order valence-electron chi connectivity index (χ1n) is 9.81. The van der Waals surface area contributed by atoms with Crippen LogP contribution in [0.2, 0.25) is 30.1 Å². The lowest BCUT2D eigenvalue weighted by atomic mass is 9.67. The minimum atomic E-state index is -2.85. The molecule has 2 atom stereocenters. The van der Waals surface area contributed by atoms with Crippen molar-refractivity contribution in [1.29, 1.82) is 0 Å². The smallest absolute Gasteiger partial charge is 0.334 e. The molecule has 0 bridgehead atoms. The number of carbonyl (C=O) groups is 2. The van der Waals surface area contributed by atoms with E-state index in [0.717, 1.165) is 12.1 Å². The average molecular weight is 612 g/mol. The van der Waals surface area contributed by atoms with E-state index in [-0.39, 0.29) is 35.7 Å². The molecule has 3 aromatic rings. The maximum absolute atomic E-state index is 13.9. The van der Waals surface area contributed by atoms with E-state index in [9.17, 15) is 24.8 Å². The zero-order chi connectivity index (χ0) is 26.8. The van der Waals surface area contributed by atoms with Crippen molar-refractivity contribution in [2.75, 3.05) is 6.54 Å². The van der Waals surface area contributed by atoms with Gasteiger partial charge in [0.25, 0.3) is 0 Å². The highest BCUT2D eigenvalue weighted by Gasteiger charge is 2.60. The van der Waals surface area contributed by atoms with Gasteiger partial charge in [0.15, 0.2) is 5.75 Å². The molecule has 0 aliphatic rings. The number of esters is 1. The second kappa shape index (κ2) is 11.4. The number of aliphatic carboxylic acids is 1. The monoisotopic (exact) mass is 609 g/mol. The molecule has 7 nitrogen and oxygen atoms in total. The van der Waals surface area contributed by atoms with Crippen molar-refractivity contribution < 1.29 is 24.4 Å². The van der Waals surface area contributed by atoms with Crippen molar-refractivity contribution in [3.05, 3.63) is 106 Å². The van der Waals surface area contributed by atoms with Gasteiger partial charge in [-0.3, -0.25) is 19.7 Å². The summed E-state index contributed by atoms with van der Waals surface area (Å²) in [4.78, 5) is 38.0. The highest BCUT2D eigenvalue weighted by Crippen LogP contribution is 2.48. The molecule has 3 aromatic carbocycles. The number of hydrogen-bond acceptors (Lipinski definition) is 5. The summed E-state index contributed by atoms with van der Waals surface area (Å²) in [6.45, 7) is -1.01. The van der Waals surface area contributed by atoms with E-state index in [1.165, 1.54) is 36.4 Å². The number of rotatable bonds is 8. The van der Waals surface area contributed by atoms with E-state index in [1.807, 2.05) is 0 Å². The molecule has 0 aliphatic heterocycles. The van der Waals surface area contributed by atoms with Crippen LogP contribution in [0.3, 0.4) is 0 Å². The number of nitrogens with zero attached hydrogens (tertiary/aromatic N) is 1. The van der Waals surface area contributed by atoms with E-state index in [1.54, 1.807) is 6.07 Å². The largest absolute Gasteiger partial charge is 0.480 e. The SMILES string of the molecule is O=C(O)C(C(=O)Oc1c(Cl)cc(Cl)cc1Cl)(c1c(Cl)cc(Cl)cc1Cl)C(C[N+](=O)[O-])c1ccccc1. The number of carboxylic acid groups (broad SMARTS) is 1. The third-order valence-electron chi connectivity index (χ3n) is 5.27. The van der Waals surface area contributed by atoms with Gasteiger partial charge in [0.2, 0.25) is 12.0 Å². The average Bonchev–Trinajstić information content (AvgIpc) is 2.77. The molecule has 0 amide bonds. The molecule has 0 radical (unpaired) electrons. The number of hydrogen-bond donors (Lipinski definition) is 1. The first-order valence-corrected chi connectivity index (χ1v) is 12.1. The maximum Gasteiger partial charge on any atom is 0.334 e. The topological polar surface area (TPSA) is 107 Å². The number of benzene rings is 3. The molecule has 3 rings (SSSR count). The van der Waals surface area contributed by atoms with E-state index in [4.69, 9.17) is 74.3 Å². The minimum Gasteiger partial charge on any atom is -0.480 e. The van der Waals surface area contributed by atoms with Gasteiger partial charge < -0.3 is 9.84 Å². The lowest BCUT2D eigenvalue weighted by Crippen LogP contribution is -2.53. The lowest BCUT2D eigenvalue weighted by Gasteiger charge is -2.35. The van der Waals surface area contributed by atoms with E-state index in [0.29, 0.717) is 0 Å². The highest BCUT2D eigenvalue weighted by atomic mass is 35.5. The third-order valence-corrected chi connectivity index (χ3v) is 6.87. The van der Waals surface area contributed by atoms with Crippen LogP contribution in [-0.4, -0.2) is 28.5 Å². The summed E-state index contributed by atoms with van der Waals surface area (Å²) in [5, 5.41) is 21.4. The Hall–Kier alpha value is -2.26. The normalized spacial score (nSPS) is 13.5. The molecule has 0 spiro atoms. The summed E-state index contributed by atoms with van der Waals surface area (Å²) in [5.41, 5.74) is -3.17. The molecular weight excluding hydrogens is 599 g/mol. The van der Waals surface area contributed by atoms with E-state index < -0.39 is 46.1 Å². The summed E-state index contributed by atoms with van der Waals surface area (Å²) in [6, 6.07) is 12.3. The van der Waals surface area contributed by atoms with Gasteiger partial charge in [0.05, 0.1) is 16.0 Å². The van der Waals surface area contributed by atoms with Gasteiger partial charge in [-0.2, -0.15) is 0 Å². The molecule has 0 fully saturated rings. The van der Waals surface area contributed by atoms with Crippen LogP contribution in [0, 0.1) is 10.1 Å². The molecule has 0 saturated heterocycles. The fourth-order valence-corrected chi connectivity index (χ4v) is 5.82. The summed E-state index contributed by atoms with van der Waals surface area (Å²) >= 11 is 37.0. The number of carboxylic acids is 1. The Morgan fingerprint density at radius 1 is 0.889 bits per heavy atom. The van der Waals surface area contributed by atoms with Gasteiger partial charge in [0, 0.05) is 30.6 Å². The van der Waals surface area contributed by atoms with Gasteiger partial charge in [-0.25, -0.2) is 0 Å². The summed E-state index contributed by atoms with van der Waals surface area (Å²) in [7, 11) is 0. The van der Waals surface area contributed by atoms with Gasteiger partial charge in [-0.15, -0.1) is 0 Å². The van der Waals surface area contributed by atoms with Crippen LogP contribution in [-0.2, 0) is 15.0 Å². The molecule has 1 N–H and O–H groups in total. The van der Waals surface area contributed by atoms with E-state index in [2.05, 4.69) is 0 Å². The van der Waals surface area contributed by atoms with Crippen molar-refractivity contribution in [3.8, 4) is 5.75 Å². The Kier molecular flexibility index (Phi) is 8.98. The van der Waals surface area contributed by atoms with Crippen LogP contribution in [0.4, 0.5) is 0 Å². The Morgan fingerprint density at radius 3 is 1.81 bits per heavy atom. The van der Waals surface area contributed by atoms with Crippen molar-refractivity contribution in [3.63, 3.8) is 0 Å². The van der Waals surface area contributed by atoms with Crippen LogP contribution >= 0.6 is 69.6 Å². The van der Waals surface area contributed by atoms with Crippen LogP contribution in [0.1, 0.15) is 17.0 Å². The summed E-state index contributed by atoms with van der Waals surface area (Å²) in [6.07, 6.45) is 0. The van der Waals surface area contributed by atoms with Crippen molar-refractivity contribution in [2.45, 2.75) is 11.3 Å². The lowest BCUT2D eigenvalue weighted by molar-refractivity contribution is -0.484. The number of nitro groups is 1. The van der Waals surface area contributed by atoms with Crippen LogP contribution in [0.5, 0.6) is 5.75 Å². The van der Waals surface area contributed by atoms with Gasteiger partial charge in [-0.1, -0.05) is 99.9 Å². The van der Waals surface area contributed by atoms with Crippen molar-refractivity contribution in [2.24, 2.45) is 0 Å². The maximum atomic E-state index is 13.9. The predicted octanol–water partition coefficient (Wildman–Crippen LogP) is 7.60. The fourth-order valence-electron chi connectivity index (χ4n) is 3.81. The predicted molar refractivity (Wildman–Crippen MR) is 139 cm³/mol. The quantitative estimate of drug-likeness (QED) is 0.0924. The van der Waals surface area contributed by atoms with Gasteiger partial charge >= 0.3 is 11.9 Å². The minimum absolute atomic E-state index is 0.0377. The van der Waals surface area contributed by atoms with Gasteiger partial charge in [-0.05, 0) is 29.8 Å².